The van der Waals surface area contributed by atoms with Gasteiger partial charge < -0.3 is 20.1 Å². The van der Waals surface area contributed by atoms with Crippen LogP contribution < -0.4 is 14.9 Å². The minimum absolute atomic E-state index is 0.0579. The lowest BCUT2D eigenvalue weighted by atomic mass is 9.68. The molecule has 2 aromatic carbocycles. The number of H-pyrrole nitrogens is 1. The lowest BCUT2D eigenvalue weighted by molar-refractivity contribution is -0.157. The molecule has 4 aliphatic rings. The Kier molecular flexibility index (Phi) is 7.16. The molecule has 3 N–H and O–H groups in total. The number of aliphatic carboxylic acids is 1. The number of thiazole rings is 1. The Morgan fingerprint density at radius 2 is 1.70 bits per heavy atom. The molecule has 2 saturated carbocycles. The van der Waals surface area contributed by atoms with Crippen LogP contribution in [0, 0.1) is 35.5 Å². The number of carbonyl (C=O) groups is 4. The van der Waals surface area contributed by atoms with E-state index in [1.807, 2.05) is 36.4 Å². The molecule has 3 heterocycles. The van der Waals surface area contributed by atoms with Crippen molar-refractivity contribution in [2.45, 2.75) is 42.5 Å². The fourth-order valence-electron chi connectivity index (χ4n) is 8.09. The number of likely N-dealkylation sites (tertiary alicyclic amines) is 1. The molecule has 2 bridgehead atoms. The van der Waals surface area contributed by atoms with Crippen molar-refractivity contribution in [1.29, 1.82) is 0 Å². The average Bonchev–Trinajstić information content (AvgIpc) is 3.72. The molecule has 228 valence electrons. The first-order valence-corrected chi connectivity index (χ1v) is 16.4. The van der Waals surface area contributed by atoms with Crippen LogP contribution in [0.2, 0.25) is 0 Å². The second-order valence-corrected chi connectivity index (χ2v) is 14.5. The van der Waals surface area contributed by atoms with Crippen LogP contribution >= 0.6 is 23.1 Å². The number of imide groups is 1. The number of nitrogens with one attached hydrogen (secondary N) is 2. The monoisotopic (exact) mass is 633 g/mol. The van der Waals surface area contributed by atoms with Gasteiger partial charge in [0.15, 0.2) is 6.61 Å². The van der Waals surface area contributed by atoms with E-state index in [0.717, 1.165) is 31.7 Å². The Morgan fingerprint density at radius 1 is 1.02 bits per heavy atom. The number of carboxylic acid groups (broad SMARTS) is 1. The van der Waals surface area contributed by atoms with Crippen molar-refractivity contribution < 1.29 is 29.0 Å². The maximum Gasteiger partial charge on any atom is 0.327 e. The number of hydrogen-bond donors (Lipinski definition) is 3. The van der Waals surface area contributed by atoms with E-state index >= 15 is 0 Å². The molecule has 44 heavy (non-hydrogen) atoms. The van der Waals surface area contributed by atoms with Crippen LogP contribution in [-0.2, 0) is 19.2 Å². The van der Waals surface area contributed by atoms with Gasteiger partial charge in [0.1, 0.15) is 11.8 Å². The highest BCUT2D eigenvalue weighted by atomic mass is 32.2. The van der Waals surface area contributed by atoms with Gasteiger partial charge >= 0.3 is 10.8 Å². The minimum atomic E-state index is -1.21. The van der Waals surface area contributed by atoms with Crippen LogP contribution in [0.15, 0.2) is 64.4 Å². The second-order valence-electron chi connectivity index (χ2n) is 12.3. The third kappa shape index (κ3) is 4.49. The number of para-hydroxylation sites is 2. The molecule has 1 saturated heterocycles. The van der Waals surface area contributed by atoms with Gasteiger partial charge in [-0.15, -0.1) is 11.8 Å². The SMILES string of the molecule is CC(C)C(C(=O)O)N1C(=O)C2C3CC(C2C1=O)C1C3Sc2[nH]c(=O)sc2[C@@H]1c1ccccc1OCC(=O)Nc1ccccc1. The smallest absolute Gasteiger partial charge is 0.327 e. The summed E-state index contributed by atoms with van der Waals surface area (Å²) in [4.78, 5) is 69.9. The van der Waals surface area contributed by atoms with E-state index in [0.29, 0.717) is 17.9 Å². The highest BCUT2D eigenvalue weighted by Gasteiger charge is 2.70. The van der Waals surface area contributed by atoms with E-state index < -0.39 is 35.7 Å². The van der Waals surface area contributed by atoms with Crippen LogP contribution in [0.1, 0.15) is 36.6 Å². The van der Waals surface area contributed by atoms with E-state index in [2.05, 4.69) is 10.3 Å². The number of carboxylic acids is 1. The summed E-state index contributed by atoms with van der Waals surface area (Å²) in [5.74, 6) is -4.06. The van der Waals surface area contributed by atoms with E-state index in [-0.39, 0.29) is 52.2 Å². The van der Waals surface area contributed by atoms with Crippen molar-refractivity contribution in [2.24, 2.45) is 35.5 Å². The third-order valence-corrected chi connectivity index (χ3v) is 12.2. The molecule has 0 radical (unpaired) electrons. The topological polar surface area (TPSA) is 146 Å². The molecule has 10 nitrogen and oxygen atoms in total. The number of fused-ring (bicyclic) bond motifs is 9. The van der Waals surface area contributed by atoms with Crippen molar-refractivity contribution in [1.82, 2.24) is 9.88 Å². The van der Waals surface area contributed by atoms with Crippen molar-refractivity contribution in [3.8, 4) is 5.75 Å². The Labute approximate surface area is 261 Å². The second kappa shape index (κ2) is 10.9. The lowest BCUT2D eigenvalue weighted by Gasteiger charge is -2.43. The third-order valence-electron chi connectivity index (χ3n) is 9.59. The number of rotatable bonds is 8. The molecule has 7 rings (SSSR count). The summed E-state index contributed by atoms with van der Waals surface area (Å²) >= 11 is 2.70. The number of nitrogens with zero attached hydrogens (tertiary/aromatic N) is 1. The summed E-state index contributed by atoms with van der Waals surface area (Å²) in [5, 5.41) is 13.5. The molecule has 7 unspecified atom stereocenters. The first kappa shape index (κ1) is 28.8. The van der Waals surface area contributed by atoms with Crippen molar-refractivity contribution in [3.63, 3.8) is 0 Å². The maximum atomic E-state index is 13.9. The molecule has 12 heteroatoms. The van der Waals surface area contributed by atoms with Crippen LogP contribution in [0.5, 0.6) is 5.75 Å². The van der Waals surface area contributed by atoms with Gasteiger partial charge in [0.2, 0.25) is 11.8 Å². The molecule has 2 aliphatic carbocycles. The molecule has 2 aliphatic heterocycles. The molecule has 3 amide bonds. The predicted molar refractivity (Wildman–Crippen MR) is 164 cm³/mol. The number of thioether (sulfide) groups is 1. The molecule has 3 fully saturated rings. The van der Waals surface area contributed by atoms with E-state index in [4.69, 9.17) is 4.74 Å². The summed E-state index contributed by atoms with van der Waals surface area (Å²) in [5.41, 5.74) is 1.47. The quantitative estimate of drug-likeness (QED) is 0.315. The number of benzene rings is 2. The molecule has 8 atom stereocenters. The summed E-state index contributed by atoms with van der Waals surface area (Å²) in [6, 6.07) is 15.4. The maximum absolute atomic E-state index is 13.9. The summed E-state index contributed by atoms with van der Waals surface area (Å²) in [6.45, 7) is 3.19. The number of aromatic amines is 1. The number of aromatic nitrogens is 1. The standard InChI is InChI=1S/C32H31N3O7S2/c1-14(2)25(31(39)40)35-29(37)23-17-12-18(24(23)30(35)38)26-22(17)21(27-28(43-26)34-32(41)44-27)16-10-6-7-11-19(16)42-13-20(36)33-15-8-4-3-5-9-15/h3-11,14,17-18,21-26H,12-13H2,1-2H3,(H,33,36)(H,34,41)(H,39,40)/t17?,18?,21-,22?,23?,24?,25?,26?/m1/s1. The fraction of sp³-hybridized carbons (Fsp3) is 0.406. The van der Waals surface area contributed by atoms with Gasteiger partial charge in [0, 0.05) is 27.3 Å². The van der Waals surface area contributed by atoms with Crippen molar-refractivity contribution in [3.05, 3.63) is 74.7 Å². The zero-order chi connectivity index (χ0) is 30.9. The summed E-state index contributed by atoms with van der Waals surface area (Å²) < 4.78 is 6.10. The van der Waals surface area contributed by atoms with Gasteiger partial charge in [0.05, 0.1) is 16.9 Å². The molecular weight excluding hydrogens is 602 g/mol. The fourth-order valence-corrected chi connectivity index (χ4v) is 11.0. The first-order chi connectivity index (χ1) is 21.2. The van der Waals surface area contributed by atoms with Crippen molar-refractivity contribution in [2.75, 3.05) is 11.9 Å². The van der Waals surface area contributed by atoms with E-state index in [9.17, 15) is 29.1 Å². The van der Waals surface area contributed by atoms with Crippen molar-refractivity contribution >= 4 is 52.5 Å². The van der Waals surface area contributed by atoms with E-state index in [1.165, 1.54) is 0 Å². The number of carbonyl (C=O) groups excluding carboxylic acids is 3. The number of anilines is 1. The van der Waals surface area contributed by atoms with Crippen LogP contribution in [0.3, 0.4) is 0 Å². The van der Waals surface area contributed by atoms with Crippen LogP contribution in [0.25, 0.3) is 0 Å². The van der Waals surface area contributed by atoms with Gasteiger partial charge in [-0.2, -0.15) is 0 Å². The van der Waals surface area contributed by atoms with Gasteiger partial charge in [-0.1, -0.05) is 61.6 Å². The Balaban J connectivity index is 1.23. The van der Waals surface area contributed by atoms with Gasteiger partial charge in [-0.25, -0.2) is 4.79 Å². The minimum Gasteiger partial charge on any atom is -0.483 e. The highest BCUT2D eigenvalue weighted by molar-refractivity contribution is 8.00. The van der Waals surface area contributed by atoms with Crippen LogP contribution in [0.4, 0.5) is 5.69 Å². The van der Waals surface area contributed by atoms with Gasteiger partial charge in [-0.05, 0) is 48.3 Å². The summed E-state index contributed by atoms with van der Waals surface area (Å²) in [7, 11) is 0. The zero-order valence-corrected chi connectivity index (χ0v) is 25.6. The lowest BCUT2D eigenvalue weighted by Crippen LogP contribution is -2.49. The Hall–Kier alpha value is -3.90. The largest absolute Gasteiger partial charge is 0.483 e. The Bertz CT molecular complexity index is 1720. The normalized spacial score (nSPS) is 28.9. The molecule has 1 aromatic heterocycles. The number of amides is 3. The number of hydrogen-bond acceptors (Lipinski definition) is 8. The van der Waals surface area contributed by atoms with Crippen LogP contribution in [-0.4, -0.2) is 56.6 Å². The zero-order valence-electron chi connectivity index (χ0n) is 24.0. The summed E-state index contributed by atoms with van der Waals surface area (Å²) in [6.07, 6.45) is 0.681. The first-order valence-electron chi connectivity index (χ1n) is 14.7. The van der Waals surface area contributed by atoms with Gasteiger partial charge in [0.25, 0.3) is 5.91 Å². The highest BCUT2D eigenvalue weighted by Crippen LogP contribution is 2.69. The molecule has 0 spiro atoms. The number of ether oxygens (including phenoxy) is 1. The predicted octanol–water partition coefficient (Wildman–Crippen LogP) is 4.04. The average molecular weight is 634 g/mol. The molecular formula is C32H31N3O7S2. The van der Waals surface area contributed by atoms with Gasteiger partial charge in [-0.3, -0.25) is 24.1 Å². The Morgan fingerprint density at radius 3 is 2.41 bits per heavy atom. The molecule has 3 aromatic rings. The van der Waals surface area contributed by atoms with E-state index in [1.54, 1.807) is 43.8 Å².